The fourth-order valence-electron chi connectivity index (χ4n) is 3.12. The lowest BCUT2D eigenvalue weighted by atomic mass is 10.0. The highest BCUT2D eigenvalue weighted by atomic mass is 35.5. The second kappa shape index (κ2) is 7.77. The van der Waals surface area contributed by atoms with E-state index in [0.717, 1.165) is 32.5 Å². The third-order valence-corrected chi connectivity index (χ3v) is 4.59. The van der Waals surface area contributed by atoms with Gasteiger partial charge in [-0.1, -0.05) is 30.3 Å². The van der Waals surface area contributed by atoms with Gasteiger partial charge in [-0.2, -0.15) is 0 Å². The number of piperidine rings is 1. The molecule has 0 spiro atoms. The zero-order valence-electron chi connectivity index (χ0n) is 13.8. The van der Waals surface area contributed by atoms with E-state index in [1.807, 2.05) is 13.0 Å². The van der Waals surface area contributed by atoms with E-state index in [9.17, 15) is 4.79 Å². The van der Waals surface area contributed by atoms with Gasteiger partial charge in [0, 0.05) is 25.7 Å². The Morgan fingerprint density at radius 2 is 2.08 bits per heavy atom. The second-order valence-electron chi connectivity index (χ2n) is 6.07. The molecule has 0 amide bonds. The summed E-state index contributed by atoms with van der Waals surface area (Å²) in [6.45, 7) is 5.21. The van der Waals surface area contributed by atoms with Crippen LogP contribution in [0.3, 0.4) is 0 Å². The van der Waals surface area contributed by atoms with Crippen LogP contribution in [0.4, 0.5) is 5.82 Å². The first-order chi connectivity index (χ1) is 11.7. The summed E-state index contributed by atoms with van der Waals surface area (Å²) >= 11 is 5.91. The Labute approximate surface area is 146 Å². The van der Waals surface area contributed by atoms with Crippen molar-refractivity contribution in [3.05, 3.63) is 51.5 Å². The number of aromatic nitrogens is 3. The molecule has 24 heavy (non-hydrogen) atoms. The van der Waals surface area contributed by atoms with Crippen molar-refractivity contribution in [1.29, 1.82) is 0 Å². The van der Waals surface area contributed by atoms with Crippen LogP contribution in [0.25, 0.3) is 0 Å². The van der Waals surface area contributed by atoms with Crippen molar-refractivity contribution < 1.29 is 0 Å². The van der Waals surface area contributed by atoms with E-state index >= 15 is 0 Å². The van der Waals surface area contributed by atoms with Crippen molar-refractivity contribution in [2.24, 2.45) is 0 Å². The zero-order chi connectivity index (χ0) is 16.9. The molecule has 2 heterocycles. The van der Waals surface area contributed by atoms with Gasteiger partial charge in [-0.05, 0) is 43.5 Å². The SMILES string of the molecule is CCn1c(Cl)nnc(N[C@@H]2CCCN(Cc3ccccc3)C2)c1=O. The normalized spacial score (nSPS) is 18.5. The molecule has 1 saturated heterocycles. The second-order valence-corrected chi connectivity index (χ2v) is 6.41. The molecule has 0 aliphatic carbocycles. The van der Waals surface area contributed by atoms with Crippen LogP contribution in [0.1, 0.15) is 25.3 Å². The van der Waals surface area contributed by atoms with Gasteiger partial charge in [0.05, 0.1) is 0 Å². The number of likely N-dealkylation sites (tertiary alicyclic amines) is 1. The number of rotatable bonds is 5. The number of benzene rings is 1. The van der Waals surface area contributed by atoms with Crippen LogP contribution in [0.2, 0.25) is 5.28 Å². The molecule has 128 valence electrons. The minimum atomic E-state index is -0.210. The van der Waals surface area contributed by atoms with Gasteiger partial charge in [0.1, 0.15) is 0 Å². The molecule has 1 atom stereocenters. The van der Waals surface area contributed by atoms with E-state index in [2.05, 4.69) is 44.7 Å². The van der Waals surface area contributed by atoms with Gasteiger partial charge in [-0.3, -0.25) is 14.3 Å². The van der Waals surface area contributed by atoms with Crippen molar-refractivity contribution in [1.82, 2.24) is 19.7 Å². The van der Waals surface area contributed by atoms with Gasteiger partial charge in [0.2, 0.25) is 11.1 Å². The Kier molecular flexibility index (Phi) is 5.48. The van der Waals surface area contributed by atoms with Crippen molar-refractivity contribution in [3.63, 3.8) is 0 Å². The van der Waals surface area contributed by atoms with E-state index in [0.29, 0.717) is 6.54 Å². The first-order valence-corrected chi connectivity index (χ1v) is 8.71. The fraction of sp³-hybridized carbons (Fsp3) is 0.471. The number of halogens is 1. The molecule has 1 aromatic heterocycles. The molecule has 3 rings (SSSR count). The van der Waals surface area contributed by atoms with Crippen LogP contribution in [-0.4, -0.2) is 38.8 Å². The maximum absolute atomic E-state index is 12.4. The fourth-order valence-corrected chi connectivity index (χ4v) is 3.35. The highest BCUT2D eigenvalue weighted by Gasteiger charge is 2.22. The highest BCUT2D eigenvalue weighted by Crippen LogP contribution is 2.16. The van der Waals surface area contributed by atoms with E-state index in [-0.39, 0.29) is 22.7 Å². The lowest BCUT2D eigenvalue weighted by Crippen LogP contribution is -2.43. The summed E-state index contributed by atoms with van der Waals surface area (Å²) in [6.07, 6.45) is 2.11. The summed E-state index contributed by atoms with van der Waals surface area (Å²) in [7, 11) is 0. The highest BCUT2D eigenvalue weighted by molar-refractivity contribution is 6.28. The molecule has 1 aliphatic heterocycles. The minimum Gasteiger partial charge on any atom is -0.360 e. The summed E-state index contributed by atoms with van der Waals surface area (Å²) in [5.41, 5.74) is 1.09. The van der Waals surface area contributed by atoms with Crippen molar-refractivity contribution >= 4 is 17.4 Å². The number of hydrogen-bond donors (Lipinski definition) is 1. The number of nitrogens with zero attached hydrogens (tertiary/aromatic N) is 4. The summed E-state index contributed by atoms with van der Waals surface area (Å²) < 4.78 is 1.42. The zero-order valence-corrected chi connectivity index (χ0v) is 14.5. The van der Waals surface area contributed by atoms with E-state index in [1.165, 1.54) is 10.1 Å². The standard InChI is InChI=1S/C17H22ClN5O/c1-2-23-16(24)15(20-21-17(23)18)19-14-9-6-10-22(12-14)11-13-7-4-3-5-8-13/h3-5,7-8,14H,2,6,9-12H2,1H3,(H,19,20)/t14-/m1/s1. The Hall–Kier alpha value is -1.92. The van der Waals surface area contributed by atoms with Gasteiger partial charge < -0.3 is 5.32 Å². The van der Waals surface area contributed by atoms with Crippen LogP contribution in [0, 0.1) is 0 Å². The molecule has 2 aromatic rings. The van der Waals surface area contributed by atoms with Crippen molar-refractivity contribution in [2.45, 2.75) is 38.9 Å². The van der Waals surface area contributed by atoms with Gasteiger partial charge in [0.15, 0.2) is 0 Å². The molecule has 0 bridgehead atoms. The molecule has 7 heteroatoms. The van der Waals surface area contributed by atoms with Crippen LogP contribution < -0.4 is 10.9 Å². The van der Waals surface area contributed by atoms with Gasteiger partial charge in [-0.25, -0.2) is 0 Å². The molecule has 1 aliphatic rings. The third kappa shape index (κ3) is 3.94. The Morgan fingerprint density at radius 1 is 1.29 bits per heavy atom. The smallest absolute Gasteiger partial charge is 0.297 e. The van der Waals surface area contributed by atoms with Gasteiger partial charge >= 0.3 is 0 Å². The molecular formula is C17H22ClN5O. The van der Waals surface area contributed by atoms with Crippen LogP contribution in [0.15, 0.2) is 35.1 Å². The summed E-state index contributed by atoms with van der Waals surface area (Å²) in [5.74, 6) is 0.285. The Morgan fingerprint density at radius 3 is 2.83 bits per heavy atom. The van der Waals surface area contributed by atoms with E-state index in [4.69, 9.17) is 11.6 Å². The summed E-state index contributed by atoms with van der Waals surface area (Å²) in [5, 5.41) is 11.2. The maximum atomic E-state index is 12.4. The van der Waals surface area contributed by atoms with Gasteiger partial charge in [0.25, 0.3) is 5.56 Å². The number of hydrogen-bond acceptors (Lipinski definition) is 5. The molecule has 1 fully saturated rings. The molecular weight excluding hydrogens is 326 g/mol. The van der Waals surface area contributed by atoms with E-state index in [1.54, 1.807) is 0 Å². The summed E-state index contributed by atoms with van der Waals surface area (Å²) in [4.78, 5) is 14.8. The number of anilines is 1. The Balaban J connectivity index is 1.67. The predicted octanol–water partition coefficient (Wildman–Crippen LogP) is 2.39. The van der Waals surface area contributed by atoms with Crippen LogP contribution >= 0.6 is 11.6 Å². The largest absolute Gasteiger partial charge is 0.360 e. The maximum Gasteiger partial charge on any atom is 0.297 e. The predicted molar refractivity (Wildman–Crippen MR) is 95.3 cm³/mol. The van der Waals surface area contributed by atoms with Gasteiger partial charge in [-0.15, -0.1) is 10.2 Å². The third-order valence-electron chi connectivity index (χ3n) is 4.31. The number of nitrogens with one attached hydrogen (secondary N) is 1. The Bertz CT molecular complexity index is 734. The van der Waals surface area contributed by atoms with Crippen molar-refractivity contribution in [3.8, 4) is 0 Å². The molecule has 0 saturated carbocycles. The topological polar surface area (TPSA) is 63.1 Å². The lowest BCUT2D eigenvalue weighted by Gasteiger charge is -2.33. The monoisotopic (exact) mass is 347 g/mol. The average molecular weight is 348 g/mol. The van der Waals surface area contributed by atoms with E-state index < -0.39 is 0 Å². The van der Waals surface area contributed by atoms with Crippen LogP contribution in [0.5, 0.6) is 0 Å². The van der Waals surface area contributed by atoms with Crippen molar-refractivity contribution in [2.75, 3.05) is 18.4 Å². The lowest BCUT2D eigenvalue weighted by molar-refractivity contribution is 0.208. The first kappa shape index (κ1) is 16.9. The molecule has 1 N–H and O–H groups in total. The average Bonchev–Trinajstić information content (AvgIpc) is 2.59. The summed E-state index contributed by atoms with van der Waals surface area (Å²) in [6, 6.07) is 10.6. The molecule has 0 unspecified atom stereocenters. The quantitative estimate of drug-likeness (QED) is 0.899. The molecule has 0 radical (unpaired) electrons. The van der Waals surface area contributed by atoms with Crippen LogP contribution in [-0.2, 0) is 13.1 Å². The first-order valence-electron chi connectivity index (χ1n) is 8.33. The minimum absolute atomic E-state index is 0.127. The molecule has 6 nitrogen and oxygen atoms in total. The molecule has 1 aromatic carbocycles.